The van der Waals surface area contributed by atoms with Gasteiger partial charge in [0.25, 0.3) is 0 Å². The topological polar surface area (TPSA) is 86.7 Å². The molecule has 0 spiro atoms. The normalized spacial score (nSPS) is 10.3. The number of hydrogen-bond donors (Lipinski definition) is 2. The van der Waals surface area contributed by atoms with E-state index in [0.717, 1.165) is 11.1 Å². The molecule has 0 aromatic heterocycles. The molecule has 0 heterocycles. The smallest absolute Gasteiger partial charge is 0.303 e. The number of aryl methyl sites for hydroxylation is 1. The van der Waals surface area contributed by atoms with Crippen LogP contribution in [0.5, 0.6) is 0 Å². The summed E-state index contributed by atoms with van der Waals surface area (Å²) in [6, 6.07) is 16.8. The molecule has 2 aromatic rings. The van der Waals surface area contributed by atoms with Gasteiger partial charge in [0, 0.05) is 38.5 Å². The van der Waals surface area contributed by atoms with E-state index in [9.17, 15) is 14.4 Å². The lowest BCUT2D eigenvalue weighted by Gasteiger charge is -2.21. The lowest BCUT2D eigenvalue weighted by Crippen LogP contribution is -2.31. The zero-order valence-electron chi connectivity index (χ0n) is 15.4. The Morgan fingerprint density at radius 1 is 0.963 bits per heavy atom. The third-order valence-corrected chi connectivity index (χ3v) is 4.11. The Hall–Kier alpha value is -3.15. The van der Waals surface area contributed by atoms with Crippen LogP contribution in [0.3, 0.4) is 0 Å². The van der Waals surface area contributed by atoms with E-state index in [1.165, 1.54) is 6.92 Å². The molecule has 0 aliphatic carbocycles. The summed E-state index contributed by atoms with van der Waals surface area (Å²) in [6.07, 6.45) is 0.643. The first-order chi connectivity index (χ1) is 12.9. The van der Waals surface area contributed by atoms with Gasteiger partial charge in [0.1, 0.15) is 0 Å². The minimum atomic E-state index is -0.854. The number of rotatable bonds is 9. The molecule has 2 aromatic carbocycles. The Labute approximate surface area is 158 Å². The molecular formula is C21H24N2O4. The Morgan fingerprint density at radius 3 is 2.33 bits per heavy atom. The molecule has 0 aliphatic heterocycles. The summed E-state index contributed by atoms with van der Waals surface area (Å²) in [7, 11) is 0. The Kier molecular flexibility index (Phi) is 7.55. The van der Waals surface area contributed by atoms with Crippen molar-refractivity contribution in [3.05, 3.63) is 65.7 Å². The largest absolute Gasteiger partial charge is 0.481 e. The maximum Gasteiger partial charge on any atom is 0.303 e. The van der Waals surface area contributed by atoms with Crippen LogP contribution >= 0.6 is 0 Å². The van der Waals surface area contributed by atoms with Crippen LogP contribution in [0.15, 0.2) is 54.6 Å². The highest BCUT2D eigenvalue weighted by atomic mass is 16.4. The summed E-state index contributed by atoms with van der Waals surface area (Å²) < 4.78 is 0. The predicted octanol–water partition coefficient (Wildman–Crippen LogP) is 3.08. The van der Waals surface area contributed by atoms with Gasteiger partial charge >= 0.3 is 5.97 Å². The summed E-state index contributed by atoms with van der Waals surface area (Å²) in [4.78, 5) is 36.4. The average Bonchev–Trinajstić information content (AvgIpc) is 2.64. The molecule has 0 atom stereocenters. The van der Waals surface area contributed by atoms with Crippen LogP contribution < -0.4 is 5.32 Å². The van der Waals surface area contributed by atoms with Crippen LogP contribution in [0.2, 0.25) is 0 Å². The van der Waals surface area contributed by atoms with Crippen molar-refractivity contribution in [1.82, 2.24) is 4.90 Å². The zero-order chi connectivity index (χ0) is 19.6. The van der Waals surface area contributed by atoms with Gasteiger partial charge < -0.3 is 15.3 Å². The second-order valence-corrected chi connectivity index (χ2v) is 6.32. The van der Waals surface area contributed by atoms with E-state index < -0.39 is 5.97 Å². The van der Waals surface area contributed by atoms with Gasteiger partial charge in [-0.05, 0) is 29.7 Å². The molecule has 0 unspecified atom stereocenters. The van der Waals surface area contributed by atoms with Gasteiger partial charge in [-0.25, -0.2) is 0 Å². The summed E-state index contributed by atoms with van der Waals surface area (Å²) in [6.45, 7) is 2.29. The first-order valence-electron chi connectivity index (χ1n) is 8.84. The molecule has 2 rings (SSSR count). The van der Waals surface area contributed by atoms with Crippen molar-refractivity contribution in [3.8, 4) is 0 Å². The molecule has 0 bridgehead atoms. The average molecular weight is 368 g/mol. The number of amides is 2. The fraction of sp³-hybridized carbons (Fsp3) is 0.286. The van der Waals surface area contributed by atoms with E-state index in [0.29, 0.717) is 25.2 Å². The fourth-order valence-electron chi connectivity index (χ4n) is 2.67. The summed E-state index contributed by atoms with van der Waals surface area (Å²) in [5.41, 5.74) is 2.49. The third-order valence-electron chi connectivity index (χ3n) is 4.11. The molecule has 0 saturated heterocycles. The van der Waals surface area contributed by atoms with Crippen LogP contribution in [0.1, 0.15) is 30.9 Å². The number of nitrogens with zero attached hydrogens (tertiary/aromatic N) is 1. The zero-order valence-corrected chi connectivity index (χ0v) is 15.4. The van der Waals surface area contributed by atoms with E-state index in [-0.39, 0.29) is 24.7 Å². The predicted molar refractivity (Wildman–Crippen MR) is 103 cm³/mol. The Balaban J connectivity index is 1.87. The number of carboxylic acid groups (broad SMARTS) is 1. The SMILES string of the molecule is CC(=O)N(CCC(=O)Nc1cccc(CCC(=O)O)c1)Cc1ccccc1. The number of carboxylic acids is 1. The van der Waals surface area contributed by atoms with Crippen LogP contribution in [-0.2, 0) is 27.3 Å². The number of carbonyl (C=O) groups excluding carboxylic acids is 2. The highest BCUT2D eigenvalue weighted by Crippen LogP contribution is 2.13. The number of nitrogens with one attached hydrogen (secondary N) is 1. The second kappa shape index (κ2) is 10.1. The first kappa shape index (κ1) is 20.2. The molecule has 0 aliphatic rings. The molecule has 27 heavy (non-hydrogen) atoms. The summed E-state index contributed by atoms with van der Waals surface area (Å²) >= 11 is 0. The summed E-state index contributed by atoms with van der Waals surface area (Å²) in [5.74, 6) is -1.13. The van der Waals surface area contributed by atoms with E-state index >= 15 is 0 Å². The molecule has 142 valence electrons. The van der Waals surface area contributed by atoms with Crippen molar-refractivity contribution in [2.75, 3.05) is 11.9 Å². The maximum absolute atomic E-state index is 12.2. The molecule has 0 radical (unpaired) electrons. The number of anilines is 1. The molecule has 2 amide bonds. The van der Waals surface area contributed by atoms with Crippen molar-refractivity contribution in [2.24, 2.45) is 0 Å². The van der Waals surface area contributed by atoms with Gasteiger partial charge in [-0.15, -0.1) is 0 Å². The minimum Gasteiger partial charge on any atom is -0.481 e. The highest BCUT2D eigenvalue weighted by Gasteiger charge is 2.12. The molecule has 2 N–H and O–H groups in total. The summed E-state index contributed by atoms with van der Waals surface area (Å²) in [5, 5.41) is 11.6. The van der Waals surface area contributed by atoms with E-state index in [2.05, 4.69) is 5.32 Å². The lowest BCUT2D eigenvalue weighted by molar-refractivity contribution is -0.137. The second-order valence-electron chi connectivity index (χ2n) is 6.32. The van der Waals surface area contributed by atoms with Gasteiger partial charge in [0.2, 0.25) is 11.8 Å². The molecule has 6 heteroatoms. The number of aliphatic carboxylic acids is 1. The monoisotopic (exact) mass is 368 g/mol. The quantitative estimate of drug-likeness (QED) is 0.712. The van der Waals surface area contributed by atoms with Gasteiger partial charge in [-0.2, -0.15) is 0 Å². The van der Waals surface area contributed by atoms with E-state index in [1.807, 2.05) is 36.4 Å². The number of benzene rings is 2. The van der Waals surface area contributed by atoms with Crippen LogP contribution in [0.25, 0.3) is 0 Å². The standard InChI is InChI=1S/C21H24N2O4/c1-16(24)23(15-18-6-3-2-4-7-18)13-12-20(25)22-19-9-5-8-17(14-19)10-11-21(26)27/h2-9,14H,10-13,15H2,1H3,(H,22,25)(H,26,27). The van der Waals surface area contributed by atoms with E-state index in [4.69, 9.17) is 5.11 Å². The van der Waals surface area contributed by atoms with Crippen molar-refractivity contribution >= 4 is 23.5 Å². The van der Waals surface area contributed by atoms with Crippen molar-refractivity contribution in [1.29, 1.82) is 0 Å². The van der Waals surface area contributed by atoms with Gasteiger partial charge in [-0.1, -0.05) is 42.5 Å². The first-order valence-corrected chi connectivity index (χ1v) is 8.84. The van der Waals surface area contributed by atoms with Crippen molar-refractivity contribution in [3.63, 3.8) is 0 Å². The van der Waals surface area contributed by atoms with Crippen LogP contribution in [-0.4, -0.2) is 34.3 Å². The minimum absolute atomic E-state index is 0.0461. The van der Waals surface area contributed by atoms with Crippen molar-refractivity contribution < 1.29 is 19.5 Å². The number of hydrogen-bond acceptors (Lipinski definition) is 3. The third kappa shape index (κ3) is 7.32. The maximum atomic E-state index is 12.2. The molecule has 6 nitrogen and oxygen atoms in total. The van der Waals surface area contributed by atoms with E-state index in [1.54, 1.807) is 23.1 Å². The molecule has 0 fully saturated rings. The van der Waals surface area contributed by atoms with Gasteiger partial charge in [0.15, 0.2) is 0 Å². The van der Waals surface area contributed by atoms with Crippen LogP contribution in [0.4, 0.5) is 5.69 Å². The Morgan fingerprint density at radius 2 is 1.67 bits per heavy atom. The fourth-order valence-corrected chi connectivity index (χ4v) is 2.67. The highest BCUT2D eigenvalue weighted by molar-refractivity contribution is 5.91. The molecular weight excluding hydrogens is 344 g/mol. The number of carbonyl (C=O) groups is 3. The van der Waals surface area contributed by atoms with Crippen LogP contribution in [0, 0.1) is 0 Å². The van der Waals surface area contributed by atoms with Gasteiger partial charge in [0.05, 0.1) is 0 Å². The molecule has 0 saturated carbocycles. The van der Waals surface area contributed by atoms with Gasteiger partial charge in [-0.3, -0.25) is 14.4 Å². The Bertz CT molecular complexity index is 790. The van der Waals surface area contributed by atoms with Crippen molar-refractivity contribution in [2.45, 2.75) is 32.7 Å². The lowest BCUT2D eigenvalue weighted by atomic mass is 10.1.